The zero-order valence-electron chi connectivity index (χ0n) is 25.8. The Morgan fingerprint density at radius 1 is 0.512 bits per heavy atom. The fraction of sp³-hybridized carbons (Fsp3) is 0.639. The van der Waals surface area contributed by atoms with Gasteiger partial charge < -0.3 is 18.9 Å². The quantitative estimate of drug-likeness (QED) is 0.0793. The first-order chi connectivity index (χ1) is 20.3. The van der Waals surface area contributed by atoms with Crippen LogP contribution in [-0.4, -0.2) is 45.6 Å². The van der Waals surface area contributed by atoms with Crippen molar-refractivity contribution in [3.8, 4) is 16.9 Å². The van der Waals surface area contributed by atoms with Crippen molar-refractivity contribution in [1.82, 2.24) is 0 Å². The van der Waals surface area contributed by atoms with Crippen molar-refractivity contribution < 1.29 is 23.7 Å². The van der Waals surface area contributed by atoms with Gasteiger partial charge in [0.05, 0.1) is 26.4 Å². The predicted octanol–water partition coefficient (Wildman–Crippen LogP) is 9.57. The third-order valence-corrected chi connectivity index (χ3v) is 7.31. The van der Waals surface area contributed by atoms with Crippen LogP contribution in [0.25, 0.3) is 11.1 Å². The summed E-state index contributed by atoms with van der Waals surface area (Å²) in [5.41, 5.74) is 2.36. The summed E-state index contributed by atoms with van der Waals surface area (Å²) in [7, 11) is 0. The van der Waals surface area contributed by atoms with Gasteiger partial charge in [-0.3, -0.25) is 4.79 Å². The topological polar surface area (TPSA) is 54.0 Å². The maximum atomic E-state index is 11.9. The normalized spacial score (nSPS) is 11.0. The Bertz CT molecular complexity index is 852. The second kappa shape index (κ2) is 25.3. The Hall–Kier alpha value is -2.37. The maximum absolute atomic E-state index is 11.9. The Labute approximate surface area is 250 Å². The number of hydrogen-bond acceptors (Lipinski definition) is 5. The van der Waals surface area contributed by atoms with Crippen LogP contribution in [0.2, 0.25) is 0 Å². The van der Waals surface area contributed by atoms with Crippen LogP contribution in [0.4, 0.5) is 0 Å². The van der Waals surface area contributed by atoms with Crippen LogP contribution >= 0.6 is 0 Å². The lowest BCUT2D eigenvalue weighted by Gasteiger charge is -2.09. The van der Waals surface area contributed by atoms with E-state index >= 15 is 0 Å². The minimum atomic E-state index is -0.117. The molecule has 0 radical (unpaired) electrons. The van der Waals surface area contributed by atoms with E-state index in [1.807, 2.05) is 30.3 Å². The molecule has 2 rings (SSSR count). The molecule has 0 bridgehead atoms. The molecule has 0 amide bonds. The van der Waals surface area contributed by atoms with Gasteiger partial charge in [-0.05, 0) is 29.7 Å². The van der Waals surface area contributed by atoms with E-state index in [1.165, 1.54) is 94.6 Å². The highest BCUT2D eigenvalue weighted by Gasteiger charge is 2.03. The van der Waals surface area contributed by atoms with Gasteiger partial charge in [-0.1, -0.05) is 139 Å². The van der Waals surface area contributed by atoms with Gasteiger partial charge in [0.2, 0.25) is 0 Å². The first-order valence-corrected chi connectivity index (χ1v) is 16.4. The highest BCUT2D eigenvalue weighted by molar-refractivity contribution is 5.69. The number of unbranched alkanes of at least 4 members (excludes halogenated alkanes) is 14. The summed E-state index contributed by atoms with van der Waals surface area (Å²) in [4.78, 5) is 11.9. The highest BCUT2D eigenvalue weighted by Crippen LogP contribution is 2.22. The molecule has 2 aromatic carbocycles. The molecule has 0 saturated heterocycles. The zero-order valence-corrected chi connectivity index (χ0v) is 25.8. The van der Waals surface area contributed by atoms with E-state index in [2.05, 4.69) is 31.2 Å². The molecule has 5 heteroatoms. The van der Waals surface area contributed by atoms with E-state index in [9.17, 15) is 4.79 Å². The number of esters is 1. The van der Waals surface area contributed by atoms with E-state index in [1.54, 1.807) is 0 Å². The van der Waals surface area contributed by atoms with Gasteiger partial charge in [-0.2, -0.15) is 0 Å². The van der Waals surface area contributed by atoms with Crippen LogP contribution < -0.4 is 4.74 Å². The number of benzene rings is 2. The molecule has 2 aromatic rings. The Morgan fingerprint density at radius 3 is 1.54 bits per heavy atom. The van der Waals surface area contributed by atoms with Crippen molar-refractivity contribution in [2.75, 3.05) is 39.6 Å². The monoisotopic (exact) mass is 568 g/mol. The predicted molar refractivity (Wildman–Crippen MR) is 170 cm³/mol. The van der Waals surface area contributed by atoms with Gasteiger partial charge in [0.1, 0.15) is 19.0 Å². The van der Waals surface area contributed by atoms with E-state index in [0.717, 1.165) is 18.6 Å². The van der Waals surface area contributed by atoms with Crippen LogP contribution in [0.15, 0.2) is 54.6 Å². The second-order valence-corrected chi connectivity index (χ2v) is 10.9. The fourth-order valence-corrected chi connectivity index (χ4v) is 4.84. The van der Waals surface area contributed by atoms with Crippen LogP contribution in [0.5, 0.6) is 5.75 Å². The summed E-state index contributed by atoms with van der Waals surface area (Å²) in [6, 6.07) is 18.4. The summed E-state index contributed by atoms with van der Waals surface area (Å²) < 4.78 is 22.1. The molecule has 0 saturated carbocycles. The smallest absolute Gasteiger partial charge is 0.305 e. The van der Waals surface area contributed by atoms with E-state index < -0.39 is 0 Å². The molecule has 0 heterocycles. The van der Waals surface area contributed by atoms with Crippen LogP contribution in [0.1, 0.15) is 110 Å². The van der Waals surface area contributed by atoms with Crippen molar-refractivity contribution in [3.05, 3.63) is 54.6 Å². The molecule has 0 aliphatic heterocycles. The molecule has 0 N–H and O–H groups in total. The van der Waals surface area contributed by atoms with Crippen LogP contribution in [0.3, 0.4) is 0 Å². The van der Waals surface area contributed by atoms with Gasteiger partial charge in [0.25, 0.3) is 0 Å². The van der Waals surface area contributed by atoms with Gasteiger partial charge >= 0.3 is 5.97 Å². The molecule has 41 heavy (non-hydrogen) atoms. The zero-order chi connectivity index (χ0) is 29.1. The minimum Gasteiger partial charge on any atom is -0.491 e. The van der Waals surface area contributed by atoms with E-state index in [-0.39, 0.29) is 5.97 Å². The van der Waals surface area contributed by atoms with Gasteiger partial charge in [-0.25, -0.2) is 0 Å². The number of ether oxygens (including phenoxy) is 4. The Balaban J connectivity index is 1.27. The maximum Gasteiger partial charge on any atom is 0.305 e. The summed E-state index contributed by atoms with van der Waals surface area (Å²) in [5, 5.41) is 0. The second-order valence-electron chi connectivity index (χ2n) is 10.9. The van der Waals surface area contributed by atoms with Crippen LogP contribution in [0, 0.1) is 0 Å². The average Bonchev–Trinajstić information content (AvgIpc) is 3.00. The minimum absolute atomic E-state index is 0.117. The molecule has 5 nitrogen and oxygen atoms in total. The number of hydrogen-bond donors (Lipinski definition) is 0. The molecular formula is C36H56O5. The molecular weight excluding hydrogens is 512 g/mol. The van der Waals surface area contributed by atoms with Crippen LogP contribution in [-0.2, 0) is 19.0 Å². The van der Waals surface area contributed by atoms with Gasteiger partial charge in [0, 0.05) is 6.42 Å². The number of rotatable bonds is 27. The number of carbonyl (C=O) groups excluding carboxylic acids is 1. The first kappa shape index (κ1) is 34.8. The van der Waals surface area contributed by atoms with E-state index in [0.29, 0.717) is 46.1 Å². The summed E-state index contributed by atoms with van der Waals surface area (Å²) in [6.45, 7) is 4.93. The fourth-order valence-electron chi connectivity index (χ4n) is 4.84. The molecule has 0 fully saturated rings. The Kier molecular flexibility index (Phi) is 21.5. The summed E-state index contributed by atoms with van der Waals surface area (Å²) >= 11 is 0. The van der Waals surface area contributed by atoms with Crippen molar-refractivity contribution >= 4 is 5.97 Å². The SMILES string of the molecule is CCCCCCCCCCCCCCCCCC(=O)OCCOCCOCCOc1ccc(-c2ccccc2)cc1. The number of carbonyl (C=O) groups is 1. The molecule has 0 unspecified atom stereocenters. The van der Waals surface area contributed by atoms with Crippen molar-refractivity contribution in [1.29, 1.82) is 0 Å². The summed E-state index contributed by atoms with van der Waals surface area (Å²) in [6.07, 6.45) is 20.4. The van der Waals surface area contributed by atoms with E-state index in [4.69, 9.17) is 18.9 Å². The lowest BCUT2D eigenvalue weighted by atomic mass is 10.0. The molecule has 0 atom stereocenters. The Morgan fingerprint density at radius 2 is 0.976 bits per heavy atom. The lowest BCUT2D eigenvalue weighted by molar-refractivity contribution is -0.145. The lowest BCUT2D eigenvalue weighted by Crippen LogP contribution is -2.14. The van der Waals surface area contributed by atoms with Crippen molar-refractivity contribution in [3.63, 3.8) is 0 Å². The third kappa shape index (κ3) is 19.4. The van der Waals surface area contributed by atoms with Gasteiger partial charge in [0.15, 0.2) is 0 Å². The van der Waals surface area contributed by atoms with Gasteiger partial charge in [-0.15, -0.1) is 0 Å². The molecule has 0 aliphatic carbocycles. The third-order valence-electron chi connectivity index (χ3n) is 7.31. The molecule has 230 valence electrons. The van der Waals surface area contributed by atoms with Crippen molar-refractivity contribution in [2.24, 2.45) is 0 Å². The molecule has 0 aromatic heterocycles. The highest BCUT2D eigenvalue weighted by atomic mass is 16.6. The molecule has 0 aliphatic rings. The standard InChI is InChI=1S/C36H56O5/c1-2-3-4-5-6-7-8-9-10-11-12-13-14-15-19-22-36(37)41-32-30-39-28-27-38-29-31-40-35-25-23-34(24-26-35)33-20-17-16-18-21-33/h16-18,20-21,23-26H,2-15,19,22,27-32H2,1H3. The summed E-state index contributed by atoms with van der Waals surface area (Å²) in [5.74, 6) is 0.712. The molecule has 0 spiro atoms. The first-order valence-electron chi connectivity index (χ1n) is 16.4. The van der Waals surface area contributed by atoms with Crippen molar-refractivity contribution in [2.45, 2.75) is 110 Å². The average molecular weight is 569 g/mol. The largest absolute Gasteiger partial charge is 0.491 e.